The molecular weight excluding hydrogens is 264 g/mol. The summed E-state index contributed by atoms with van der Waals surface area (Å²) in [5, 5.41) is 0. The number of hydrogen-bond acceptors (Lipinski definition) is 4. The first kappa shape index (κ1) is 16.0. The Balaban J connectivity index is 2.23. The van der Waals surface area contributed by atoms with E-state index in [0.29, 0.717) is 18.4 Å². The topological polar surface area (TPSA) is 55.6 Å². The fraction of sp³-hybridized carbons (Fsp3) is 0.588. The molecule has 0 bridgehead atoms. The lowest BCUT2D eigenvalue weighted by Gasteiger charge is -2.39. The molecule has 0 amide bonds. The summed E-state index contributed by atoms with van der Waals surface area (Å²) >= 11 is 0. The maximum absolute atomic E-state index is 12.3. The van der Waals surface area contributed by atoms with Gasteiger partial charge in [0.05, 0.1) is 7.11 Å². The second-order valence-electron chi connectivity index (χ2n) is 6.47. The molecule has 0 aliphatic carbocycles. The Morgan fingerprint density at radius 3 is 2.38 bits per heavy atom. The molecule has 3 atom stereocenters. The first-order chi connectivity index (χ1) is 9.95. The van der Waals surface area contributed by atoms with Crippen molar-refractivity contribution < 1.29 is 9.53 Å². The third-order valence-corrected chi connectivity index (χ3v) is 4.26. The number of esters is 1. The molecule has 1 aromatic carbocycles. The van der Waals surface area contributed by atoms with Gasteiger partial charge in [0, 0.05) is 19.6 Å². The molecule has 4 heteroatoms. The predicted molar refractivity (Wildman–Crippen MR) is 83.7 cm³/mol. The van der Waals surface area contributed by atoms with Gasteiger partial charge in [0.1, 0.15) is 0 Å². The number of carbonyl (C=O) groups is 1. The molecule has 116 valence electrons. The Kier molecular flexibility index (Phi) is 5.01. The zero-order valence-electron chi connectivity index (χ0n) is 13.2. The van der Waals surface area contributed by atoms with E-state index in [4.69, 9.17) is 10.5 Å². The standard InChI is InChI=1S/C17H26N2O2/c1-13-9-14(2)11-19(10-13)12-17(18,16(20)21-3)15-7-5-4-6-8-15/h4-8,13-14H,9-12,18H2,1-3H3. The molecule has 4 nitrogen and oxygen atoms in total. The second kappa shape index (κ2) is 6.58. The predicted octanol–water partition coefficient (Wildman–Crippen LogP) is 1.99. The summed E-state index contributed by atoms with van der Waals surface area (Å²) in [6.07, 6.45) is 1.23. The van der Waals surface area contributed by atoms with Crippen molar-refractivity contribution in [3.63, 3.8) is 0 Å². The van der Waals surface area contributed by atoms with Gasteiger partial charge in [-0.3, -0.25) is 0 Å². The molecule has 1 aliphatic heterocycles. The third kappa shape index (κ3) is 3.63. The summed E-state index contributed by atoms with van der Waals surface area (Å²) in [7, 11) is 1.40. The Labute approximate surface area is 127 Å². The molecule has 1 heterocycles. The SMILES string of the molecule is COC(=O)C(N)(CN1CC(C)CC(C)C1)c1ccccc1. The van der Waals surface area contributed by atoms with Crippen LogP contribution in [0, 0.1) is 11.8 Å². The van der Waals surface area contributed by atoms with E-state index in [-0.39, 0.29) is 5.97 Å². The van der Waals surface area contributed by atoms with Gasteiger partial charge in [-0.15, -0.1) is 0 Å². The van der Waals surface area contributed by atoms with Crippen LogP contribution in [-0.4, -0.2) is 37.6 Å². The van der Waals surface area contributed by atoms with Crippen molar-refractivity contribution in [3.8, 4) is 0 Å². The Morgan fingerprint density at radius 2 is 1.86 bits per heavy atom. The molecule has 21 heavy (non-hydrogen) atoms. The Hall–Kier alpha value is -1.39. The lowest BCUT2D eigenvalue weighted by atomic mass is 9.87. The van der Waals surface area contributed by atoms with Crippen LogP contribution in [0.5, 0.6) is 0 Å². The van der Waals surface area contributed by atoms with E-state index in [2.05, 4.69) is 18.7 Å². The quantitative estimate of drug-likeness (QED) is 0.862. The number of carbonyl (C=O) groups excluding carboxylic acids is 1. The number of nitrogens with two attached hydrogens (primary N) is 1. The molecule has 1 aliphatic rings. The first-order valence-corrected chi connectivity index (χ1v) is 7.61. The minimum atomic E-state index is -1.10. The number of ether oxygens (including phenoxy) is 1. The Morgan fingerprint density at radius 1 is 1.29 bits per heavy atom. The van der Waals surface area contributed by atoms with Crippen molar-refractivity contribution >= 4 is 5.97 Å². The molecule has 1 fully saturated rings. The van der Waals surface area contributed by atoms with Crippen molar-refractivity contribution in [2.24, 2.45) is 17.6 Å². The molecule has 0 saturated carbocycles. The molecular formula is C17H26N2O2. The van der Waals surface area contributed by atoms with Gasteiger partial charge in [-0.2, -0.15) is 0 Å². The van der Waals surface area contributed by atoms with E-state index in [1.54, 1.807) is 0 Å². The Bertz CT molecular complexity index is 467. The maximum atomic E-state index is 12.3. The van der Waals surface area contributed by atoms with Crippen LogP contribution in [0.4, 0.5) is 0 Å². The van der Waals surface area contributed by atoms with Crippen LogP contribution in [0.1, 0.15) is 25.8 Å². The van der Waals surface area contributed by atoms with Crippen molar-refractivity contribution in [3.05, 3.63) is 35.9 Å². The summed E-state index contributed by atoms with van der Waals surface area (Å²) in [6, 6.07) is 9.52. The molecule has 1 aromatic rings. The van der Waals surface area contributed by atoms with Crippen molar-refractivity contribution in [2.45, 2.75) is 25.8 Å². The molecule has 2 N–H and O–H groups in total. The number of nitrogens with zero attached hydrogens (tertiary/aromatic N) is 1. The van der Waals surface area contributed by atoms with Crippen LogP contribution < -0.4 is 5.73 Å². The fourth-order valence-electron chi connectivity index (χ4n) is 3.47. The average Bonchev–Trinajstić information content (AvgIpc) is 2.46. The van der Waals surface area contributed by atoms with Crippen LogP contribution >= 0.6 is 0 Å². The van der Waals surface area contributed by atoms with Gasteiger partial charge in [-0.25, -0.2) is 4.79 Å². The highest BCUT2D eigenvalue weighted by atomic mass is 16.5. The maximum Gasteiger partial charge on any atom is 0.331 e. The normalized spacial score (nSPS) is 26.1. The molecule has 0 radical (unpaired) electrons. The van der Waals surface area contributed by atoms with Crippen LogP contribution in [-0.2, 0) is 15.1 Å². The van der Waals surface area contributed by atoms with Crippen molar-refractivity contribution in [1.29, 1.82) is 0 Å². The zero-order valence-corrected chi connectivity index (χ0v) is 13.2. The van der Waals surface area contributed by atoms with E-state index in [9.17, 15) is 4.79 Å². The van der Waals surface area contributed by atoms with Crippen LogP contribution in [0.2, 0.25) is 0 Å². The van der Waals surface area contributed by atoms with Gasteiger partial charge in [0.25, 0.3) is 0 Å². The van der Waals surface area contributed by atoms with Gasteiger partial charge in [0.2, 0.25) is 0 Å². The number of piperidine rings is 1. The minimum Gasteiger partial charge on any atom is -0.467 e. The highest BCUT2D eigenvalue weighted by Gasteiger charge is 2.40. The smallest absolute Gasteiger partial charge is 0.331 e. The lowest BCUT2D eigenvalue weighted by molar-refractivity contribution is -0.148. The van der Waals surface area contributed by atoms with Gasteiger partial charge in [-0.1, -0.05) is 44.2 Å². The largest absolute Gasteiger partial charge is 0.467 e. The summed E-state index contributed by atoms with van der Waals surface area (Å²) in [5.74, 6) is 0.887. The monoisotopic (exact) mass is 290 g/mol. The molecule has 3 unspecified atom stereocenters. The summed E-state index contributed by atoms with van der Waals surface area (Å²) in [6.45, 7) is 6.96. The van der Waals surface area contributed by atoms with Gasteiger partial charge in [0.15, 0.2) is 5.54 Å². The summed E-state index contributed by atoms with van der Waals surface area (Å²) in [4.78, 5) is 14.6. The number of methoxy groups -OCH3 is 1. The molecule has 1 saturated heterocycles. The number of rotatable bonds is 4. The molecule has 2 rings (SSSR count). The van der Waals surface area contributed by atoms with Gasteiger partial charge < -0.3 is 15.4 Å². The summed E-state index contributed by atoms with van der Waals surface area (Å²) < 4.78 is 4.97. The fourth-order valence-corrected chi connectivity index (χ4v) is 3.47. The minimum absolute atomic E-state index is 0.375. The molecule has 0 spiro atoms. The molecule has 0 aromatic heterocycles. The van der Waals surface area contributed by atoms with E-state index >= 15 is 0 Å². The van der Waals surface area contributed by atoms with E-state index in [1.807, 2.05) is 30.3 Å². The number of likely N-dealkylation sites (tertiary alicyclic amines) is 1. The highest BCUT2D eigenvalue weighted by molar-refractivity contribution is 5.82. The third-order valence-electron chi connectivity index (χ3n) is 4.26. The van der Waals surface area contributed by atoms with Gasteiger partial charge in [-0.05, 0) is 23.8 Å². The second-order valence-corrected chi connectivity index (χ2v) is 6.47. The van der Waals surface area contributed by atoms with E-state index in [0.717, 1.165) is 18.7 Å². The van der Waals surface area contributed by atoms with Crippen LogP contribution in [0.25, 0.3) is 0 Å². The van der Waals surface area contributed by atoms with Crippen LogP contribution in [0.3, 0.4) is 0 Å². The van der Waals surface area contributed by atoms with Crippen molar-refractivity contribution in [2.75, 3.05) is 26.7 Å². The number of hydrogen-bond donors (Lipinski definition) is 1. The zero-order chi connectivity index (χ0) is 15.5. The first-order valence-electron chi connectivity index (χ1n) is 7.61. The summed E-state index contributed by atoms with van der Waals surface area (Å²) in [5.41, 5.74) is 6.18. The van der Waals surface area contributed by atoms with E-state index < -0.39 is 5.54 Å². The lowest BCUT2D eigenvalue weighted by Crippen LogP contribution is -2.56. The van der Waals surface area contributed by atoms with Gasteiger partial charge >= 0.3 is 5.97 Å². The number of benzene rings is 1. The van der Waals surface area contributed by atoms with E-state index in [1.165, 1.54) is 13.5 Å². The van der Waals surface area contributed by atoms with Crippen molar-refractivity contribution in [1.82, 2.24) is 4.90 Å². The average molecular weight is 290 g/mol. The van der Waals surface area contributed by atoms with Crippen LogP contribution in [0.15, 0.2) is 30.3 Å². The highest BCUT2D eigenvalue weighted by Crippen LogP contribution is 2.26.